The molecule has 3 heterocycles. The fourth-order valence-corrected chi connectivity index (χ4v) is 4.51. The topological polar surface area (TPSA) is 90.9 Å². The third-order valence-electron chi connectivity index (χ3n) is 6.36. The van der Waals surface area contributed by atoms with Crippen molar-refractivity contribution in [3.05, 3.63) is 66.4 Å². The van der Waals surface area contributed by atoms with Crippen molar-refractivity contribution in [3.8, 4) is 5.75 Å². The van der Waals surface area contributed by atoms with Crippen molar-refractivity contribution in [3.63, 3.8) is 0 Å². The highest BCUT2D eigenvalue weighted by Gasteiger charge is 2.29. The number of carbonyl (C=O) groups excluding carboxylic acids is 2. The van der Waals surface area contributed by atoms with E-state index >= 15 is 0 Å². The van der Waals surface area contributed by atoms with Gasteiger partial charge in [-0.2, -0.15) is 0 Å². The number of carbonyl (C=O) groups is 2. The number of ether oxygens (including phenoxy) is 1. The fourth-order valence-electron chi connectivity index (χ4n) is 4.51. The smallest absolute Gasteiger partial charge is 0.254 e. The summed E-state index contributed by atoms with van der Waals surface area (Å²) >= 11 is 0. The minimum atomic E-state index is -0.0927. The van der Waals surface area contributed by atoms with Crippen molar-refractivity contribution in [2.75, 3.05) is 57.1 Å². The van der Waals surface area contributed by atoms with Crippen molar-refractivity contribution in [1.29, 1.82) is 0 Å². The van der Waals surface area contributed by atoms with E-state index < -0.39 is 0 Å². The van der Waals surface area contributed by atoms with Gasteiger partial charge in [0.15, 0.2) is 0 Å². The van der Waals surface area contributed by atoms with Gasteiger partial charge in [-0.15, -0.1) is 0 Å². The molecular formula is C27H30N6O3. The van der Waals surface area contributed by atoms with Crippen LogP contribution in [0.4, 0.5) is 11.6 Å². The first-order valence-corrected chi connectivity index (χ1v) is 12.1. The fraction of sp³-hybridized carbons (Fsp3) is 0.333. The molecule has 2 amide bonds. The minimum Gasteiger partial charge on any atom is -0.490 e. The standard InChI is InChI=1S/C27H30N6O3/c1-31(2)12-5-8-25(34)33-14-15-36-24-16-19(9-10-23(24)33)26(35)32-13-11-21(18-32)29-27-28-17-20-6-3-4-7-22(20)30-27/h3-10,16-17,21H,11-15,18H2,1-2H3,(H,28,29,30)/b8-5+. The zero-order valence-corrected chi connectivity index (χ0v) is 20.6. The number of amides is 2. The molecule has 1 atom stereocenters. The Bertz CT molecular complexity index is 1310. The maximum atomic E-state index is 13.2. The van der Waals surface area contributed by atoms with E-state index in [4.69, 9.17) is 4.74 Å². The maximum Gasteiger partial charge on any atom is 0.254 e. The van der Waals surface area contributed by atoms with Gasteiger partial charge in [0.05, 0.1) is 17.7 Å². The van der Waals surface area contributed by atoms with Crippen LogP contribution in [-0.4, -0.2) is 84.5 Å². The third-order valence-corrected chi connectivity index (χ3v) is 6.36. The molecule has 9 nitrogen and oxygen atoms in total. The number of nitrogens with zero attached hydrogens (tertiary/aromatic N) is 5. The van der Waals surface area contributed by atoms with Gasteiger partial charge in [0, 0.05) is 48.9 Å². The Balaban J connectivity index is 1.24. The van der Waals surface area contributed by atoms with Crippen LogP contribution >= 0.6 is 0 Å². The van der Waals surface area contributed by atoms with Crippen LogP contribution in [0.15, 0.2) is 60.8 Å². The molecule has 2 aliphatic heterocycles. The maximum absolute atomic E-state index is 13.2. The second kappa shape index (κ2) is 10.3. The average molecular weight is 487 g/mol. The number of rotatable bonds is 6. The van der Waals surface area contributed by atoms with Crippen LogP contribution in [0.1, 0.15) is 16.8 Å². The first-order chi connectivity index (χ1) is 17.5. The normalized spacial score (nSPS) is 17.5. The first kappa shape index (κ1) is 23.7. The molecule has 0 aliphatic carbocycles. The molecule has 1 aromatic heterocycles. The van der Waals surface area contributed by atoms with Gasteiger partial charge in [0.25, 0.3) is 11.8 Å². The van der Waals surface area contributed by atoms with E-state index in [2.05, 4.69) is 15.3 Å². The van der Waals surface area contributed by atoms with E-state index in [0.717, 1.165) is 17.3 Å². The Morgan fingerprint density at radius 2 is 2.06 bits per heavy atom. The van der Waals surface area contributed by atoms with Crippen LogP contribution < -0.4 is 15.0 Å². The molecule has 1 fully saturated rings. The lowest BCUT2D eigenvalue weighted by Gasteiger charge is -2.29. The molecule has 3 aromatic rings. The number of anilines is 2. The molecule has 1 unspecified atom stereocenters. The SMILES string of the molecule is CN(C)C/C=C/C(=O)N1CCOc2cc(C(=O)N3CCC(Nc4ncc5ccccc5n4)C3)ccc21. The lowest BCUT2D eigenvalue weighted by molar-refractivity contribution is -0.114. The summed E-state index contributed by atoms with van der Waals surface area (Å²) in [5, 5.41) is 4.36. The van der Waals surface area contributed by atoms with Gasteiger partial charge >= 0.3 is 0 Å². The van der Waals surface area contributed by atoms with Crippen LogP contribution in [0.3, 0.4) is 0 Å². The van der Waals surface area contributed by atoms with E-state index in [9.17, 15) is 9.59 Å². The summed E-state index contributed by atoms with van der Waals surface area (Å²) in [6.45, 7) is 2.76. The summed E-state index contributed by atoms with van der Waals surface area (Å²) in [5.74, 6) is 0.976. The summed E-state index contributed by atoms with van der Waals surface area (Å²) in [4.78, 5) is 40.4. The van der Waals surface area contributed by atoms with Crippen LogP contribution in [0.25, 0.3) is 10.9 Å². The van der Waals surface area contributed by atoms with E-state index in [1.165, 1.54) is 0 Å². The molecule has 1 saturated heterocycles. The number of likely N-dealkylation sites (tertiary alicyclic amines) is 1. The van der Waals surface area contributed by atoms with Crippen LogP contribution in [-0.2, 0) is 4.79 Å². The molecule has 1 N–H and O–H groups in total. The van der Waals surface area contributed by atoms with Gasteiger partial charge in [-0.3, -0.25) is 9.59 Å². The molecule has 0 radical (unpaired) electrons. The predicted octanol–water partition coefficient (Wildman–Crippen LogP) is 2.80. The molecule has 5 rings (SSSR count). The van der Waals surface area contributed by atoms with Gasteiger partial charge < -0.3 is 24.8 Å². The summed E-state index contributed by atoms with van der Waals surface area (Å²) in [6.07, 6.45) is 6.05. The second-order valence-electron chi connectivity index (χ2n) is 9.32. The van der Waals surface area contributed by atoms with Gasteiger partial charge in [-0.1, -0.05) is 24.3 Å². The average Bonchev–Trinajstić information content (AvgIpc) is 3.35. The summed E-state index contributed by atoms with van der Waals surface area (Å²) in [5.41, 5.74) is 2.12. The van der Waals surface area contributed by atoms with E-state index in [1.807, 2.05) is 60.4 Å². The lowest BCUT2D eigenvalue weighted by Crippen LogP contribution is -2.37. The number of hydrogen-bond acceptors (Lipinski definition) is 7. The molecule has 36 heavy (non-hydrogen) atoms. The first-order valence-electron chi connectivity index (χ1n) is 12.1. The minimum absolute atomic E-state index is 0.0561. The zero-order valence-electron chi connectivity index (χ0n) is 20.6. The Hall–Kier alpha value is -3.98. The van der Waals surface area contributed by atoms with Crippen molar-refractivity contribution < 1.29 is 14.3 Å². The Kier molecular flexibility index (Phi) is 6.81. The molecule has 0 saturated carbocycles. The Morgan fingerprint density at radius 3 is 2.92 bits per heavy atom. The number of benzene rings is 2. The highest BCUT2D eigenvalue weighted by Crippen LogP contribution is 2.33. The quantitative estimate of drug-likeness (QED) is 0.536. The van der Waals surface area contributed by atoms with Gasteiger partial charge in [0.1, 0.15) is 12.4 Å². The van der Waals surface area contributed by atoms with Gasteiger partial charge in [0.2, 0.25) is 5.95 Å². The number of nitrogens with one attached hydrogen (secondary N) is 1. The number of hydrogen-bond donors (Lipinski definition) is 1. The second-order valence-corrected chi connectivity index (χ2v) is 9.32. The molecule has 9 heteroatoms. The number of para-hydroxylation sites is 1. The number of aromatic nitrogens is 2. The Morgan fingerprint density at radius 1 is 1.19 bits per heavy atom. The van der Waals surface area contributed by atoms with Gasteiger partial charge in [-0.05, 0) is 44.8 Å². The van der Waals surface area contributed by atoms with Crippen LogP contribution in [0.2, 0.25) is 0 Å². The van der Waals surface area contributed by atoms with Gasteiger partial charge in [-0.25, -0.2) is 9.97 Å². The van der Waals surface area contributed by atoms with Crippen molar-refractivity contribution >= 4 is 34.4 Å². The largest absolute Gasteiger partial charge is 0.490 e. The Labute approximate surface area is 210 Å². The predicted molar refractivity (Wildman–Crippen MR) is 139 cm³/mol. The number of fused-ring (bicyclic) bond motifs is 2. The molecule has 2 aliphatic rings. The monoisotopic (exact) mass is 486 g/mol. The molecule has 0 bridgehead atoms. The molecule has 186 valence electrons. The molecule has 2 aromatic carbocycles. The van der Waals surface area contributed by atoms with Crippen molar-refractivity contribution in [2.24, 2.45) is 0 Å². The van der Waals surface area contributed by atoms with Crippen molar-refractivity contribution in [2.45, 2.75) is 12.5 Å². The molecular weight excluding hydrogens is 456 g/mol. The summed E-state index contributed by atoms with van der Waals surface area (Å²) < 4.78 is 5.81. The summed E-state index contributed by atoms with van der Waals surface area (Å²) in [7, 11) is 3.90. The molecule has 0 spiro atoms. The third kappa shape index (κ3) is 5.16. The lowest BCUT2D eigenvalue weighted by atomic mass is 10.1. The van der Waals surface area contributed by atoms with E-state index in [1.54, 1.807) is 29.2 Å². The number of likely N-dealkylation sites (N-methyl/N-ethyl adjacent to an activating group) is 1. The van der Waals surface area contributed by atoms with Crippen LogP contribution in [0.5, 0.6) is 5.75 Å². The zero-order chi connectivity index (χ0) is 25.1. The highest BCUT2D eigenvalue weighted by atomic mass is 16.5. The van der Waals surface area contributed by atoms with Crippen LogP contribution in [0, 0.1) is 0 Å². The van der Waals surface area contributed by atoms with Crippen molar-refractivity contribution in [1.82, 2.24) is 19.8 Å². The van der Waals surface area contributed by atoms with E-state index in [-0.39, 0.29) is 17.9 Å². The summed E-state index contributed by atoms with van der Waals surface area (Å²) in [6, 6.07) is 13.2. The van der Waals surface area contributed by atoms with E-state index in [0.29, 0.717) is 55.7 Å². The highest BCUT2D eigenvalue weighted by molar-refractivity contribution is 6.03.